The average Bonchev–Trinajstić information content (AvgIpc) is 2.20. The third-order valence-corrected chi connectivity index (χ3v) is 2.80. The summed E-state index contributed by atoms with van der Waals surface area (Å²) in [5.41, 5.74) is 1.39. The van der Waals surface area contributed by atoms with Crippen LogP contribution in [0.15, 0.2) is 23.3 Å². The number of allylic oxidation sites excluding steroid dienone is 4. The minimum absolute atomic E-state index is 0.151. The molecular formula is C12H14O2. The van der Waals surface area contributed by atoms with Gasteiger partial charge in [0.05, 0.1) is 0 Å². The minimum Gasteiger partial charge on any atom is -0.294 e. The van der Waals surface area contributed by atoms with Crippen molar-refractivity contribution in [2.45, 2.75) is 38.5 Å². The predicted octanol–water partition coefficient (Wildman–Crippen LogP) is 2.35. The molecule has 0 unspecified atom stereocenters. The van der Waals surface area contributed by atoms with E-state index in [9.17, 15) is 9.59 Å². The number of hydrogen-bond acceptors (Lipinski definition) is 2. The summed E-state index contributed by atoms with van der Waals surface area (Å²) in [5.74, 6) is 0.301. The summed E-state index contributed by atoms with van der Waals surface area (Å²) in [6, 6.07) is 0. The van der Waals surface area contributed by atoms with Crippen LogP contribution >= 0.6 is 0 Å². The molecule has 2 aliphatic rings. The van der Waals surface area contributed by atoms with Crippen LogP contribution in [0.5, 0.6) is 0 Å². The third kappa shape index (κ3) is 1.69. The summed E-state index contributed by atoms with van der Waals surface area (Å²) in [4.78, 5) is 23.2. The standard InChI is InChI=1S/C12H14O2/c13-11-7-3-1-5-9(11)10-6-2-4-8-12(10)14/h5-6H,1-4,7-8H2. The maximum absolute atomic E-state index is 11.6. The monoisotopic (exact) mass is 190 g/mol. The average molecular weight is 190 g/mol. The Kier molecular flexibility index (Phi) is 2.62. The van der Waals surface area contributed by atoms with Crippen molar-refractivity contribution < 1.29 is 9.59 Å². The Morgan fingerprint density at radius 3 is 1.57 bits per heavy atom. The quantitative estimate of drug-likeness (QED) is 0.636. The van der Waals surface area contributed by atoms with Gasteiger partial charge in [0.2, 0.25) is 0 Å². The van der Waals surface area contributed by atoms with Gasteiger partial charge in [0.25, 0.3) is 0 Å². The molecule has 2 rings (SSSR count). The Bertz CT molecular complexity index is 300. The Hall–Kier alpha value is -1.18. The number of rotatable bonds is 1. The zero-order valence-corrected chi connectivity index (χ0v) is 8.21. The maximum Gasteiger partial charge on any atom is 0.163 e. The summed E-state index contributed by atoms with van der Waals surface area (Å²) in [6.45, 7) is 0. The van der Waals surface area contributed by atoms with Crippen LogP contribution in [0.3, 0.4) is 0 Å². The molecule has 0 N–H and O–H groups in total. The van der Waals surface area contributed by atoms with Gasteiger partial charge in [-0.3, -0.25) is 9.59 Å². The number of Topliss-reactive ketones (excluding diaryl/α,β-unsaturated/α-hetero) is 2. The Morgan fingerprint density at radius 2 is 1.21 bits per heavy atom. The predicted molar refractivity (Wildman–Crippen MR) is 53.9 cm³/mol. The second-order valence-corrected chi connectivity index (χ2v) is 3.87. The first-order valence-corrected chi connectivity index (χ1v) is 5.26. The summed E-state index contributed by atoms with van der Waals surface area (Å²) in [7, 11) is 0. The van der Waals surface area contributed by atoms with Crippen molar-refractivity contribution >= 4 is 11.6 Å². The van der Waals surface area contributed by atoms with Crippen LogP contribution in [0.4, 0.5) is 0 Å². The van der Waals surface area contributed by atoms with E-state index in [1.807, 2.05) is 12.2 Å². The van der Waals surface area contributed by atoms with E-state index in [1.165, 1.54) is 0 Å². The molecule has 0 spiro atoms. The van der Waals surface area contributed by atoms with E-state index in [1.54, 1.807) is 0 Å². The number of carbonyl (C=O) groups is 2. The lowest BCUT2D eigenvalue weighted by Gasteiger charge is -2.17. The van der Waals surface area contributed by atoms with Gasteiger partial charge in [0.15, 0.2) is 11.6 Å². The fourth-order valence-electron chi connectivity index (χ4n) is 2.04. The lowest BCUT2D eigenvalue weighted by atomic mass is 9.86. The van der Waals surface area contributed by atoms with Crippen molar-refractivity contribution in [2.75, 3.05) is 0 Å². The highest BCUT2D eigenvalue weighted by Gasteiger charge is 2.23. The smallest absolute Gasteiger partial charge is 0.163 e. The molecule has 2 heteroatoms. The second kappa shape index (κ2) is 3.91. The Labute approximate surface area is 83.7 Å². The molecule has 0 heterocycles. The molecule has 0 aromatic rings. The van der Waals surface area contributed by atoms with E-state index < -0.39 is 0 Å². The molecule has 0 aliphatic heterocycles. The van der Waals surface area contributed by atoms with Crippen molar-refractivity contribution in [1.82, 2.24) is 0 Å². The molecule has 0 saturated carbocycles. The van der Waals surface area contributed by atoms with E-state index in [0.29, 0.717) is 24.0 Å². The lowest BCUT2D eigenvalue weighted by Crippen LogP contribution is -2.16. The van der Waals surface area contributed by atoms with Gasteiger partial charge in [-0.05, 0) is 25.7 Å². The molecule has 0 radical (unpaired) electrons. The van der Waals surface area contributed by atoms with Crippen molar-refractivity contribution in [1.29, 1.82) is 0 Å². The van der Waals surface area contributed by atoms with Gasteiger partial charge < -0.3 is 0 Å². The Morgan fingerprint density at radius 1 is 0.786 bits per heavy atom. The second-order valence-electron chi connectivity index (χ2n) is 3.87. The van der Waals surface area contributed by atoms with Gasteiger partial charge >= 0.3 is 0 Å². The molecule has 14 heavy (non-hydrogen) atoms. The first kappa shape index (κ1) is 9.38. The first-order chi connectivity index (χ1) is 6.79. The highest BCUT2D eigenvalue weighted by Crippen LogP contribution is 2.26. The fraction of sp³-hybridized carbons (Fsp3) is 0.500. The molecule has 74 valence electrons. The number of ketones is 2. The zero-order chi connectivity index (χ0) is 9.97. The summed E-state index contributed by atoms with van der Waals surface area (Å²) >= 11 is 0. The van der Waals surface area contributed by atoms with Crippen molar-refractivity contribution in [3.8, 4) is 0 Å². The minimum atomic E-state index is 0.151. The van der Waals surface area contributed by atoms with Crippen LogP contribution in [0.1, 0.15) is 38.5 Å². The van der Waals surface area contributed by atoms with E-state index in [0.717, 1.165) is 25.7 Å². The normalized spacial score (nSPS) is 23.1. The van der Waals surface area contributed by atoms with Crippen molar-refractivity contribution in [3.05, 3.63) is 23.3 Å². The SMILES string of the molecule is O=C1CCCC=C1C1=CCCCC1=O. The van der Waals surface area contributed by atoms with Gasteiger partial charge in [-0.1, -0.05) is 12.2 Å². The molecular weight excluding hydrogens is 176 g/mol. The topological polar surface area (TPSA) is 34.1 Å². The highest BCUT2D eigenvalue weighted by atomic mass is 16.1. The fourth-order valence-corrected chi connectivity index (χ4v) is 2.04. The highest BCUT2D eigenvalue weighted by molar-refractivity contribution is 6.13. The largest absolute Gasteiger partial charge is 0.294 e. The Balaban J connectivity index is 2.29. The zero-order valence-electron chi connectivity index (χ0n) is 8.21. The molecule has 0 saturated heterocycles. The molecule has 0 fully saturated rings. The van der Waals surface area contributed by atoms with Gasteiger partial charge in [-0.25, -0.2) is 0 Å². The lowest BCUT2D eigenvalue weighted by molar-refractivity contribution is -0.118. The van der Waals surface area contributed by atoms with Gasteiger partial charge in [0, 0.05) is 24.0 Å². The molecule has 2 aliphatic carbocycles. The van der Waals surface area contributed by atoms with Crippen LogP contribution in [0.25, 0.3) is 0 Å². The maximum atomic E-state index is 11.6. The van der Waals surface area contributed by atoms with E-state index in [-0.39, 0.29) is 11.6 Å². The molecule has 0 aromatic heterocycles. The number of hydrogen-bond donors (Lipinski definition) is 0. The van der Waals surface area contributed by atoms with Crippen LogP contribution in [0.2, 0.25) is 0 Å². The molecule has 0 amide bonds. The molecule has 0 bridgehead atoms. The van der Waals surface area contributed by atoms with Crippen LogP contribution in [-0.4, -0.2) is 11.6 Å². The van der Waals surface area contributed by atoms with Gasteiger partial charge in [-0.2, -0.15) is 0 Å². The summed E-state index contributed by atoms with van der Waals surface area (Å²) in [6.07, 6.45) is 8.82. The number of carbonyl (C=O) groups excluding carboxylic acids is 2. The van der Waals surface area contributed by atoms with Gasteiger partial charge in [0.1, 0.15) is 0 Å². The van der Waals surface area contributed by atoms with E-state index in [4.69, 9.17) is 0 Å². The van der Waals surface area contributed by atoms with E-state index in [2.05, 4.69) is 0 Å². The molecule has 0 atom stereocenters. The van der Waals surface area contributed by atoms with Crippen LogP contribution < -0.4 is 0 Å². The molecule has 0 aromatic carbocycles. The van der Waals surface area contributed by atoms with Crippen molar-refractivity contribution in [2.24, 2.45) is 0 Å². The van der Waals surface area contributed by atoms with E-state index >= 15 is 0 Å². The van der Waals surface area contributed by atoms with Gasteiger partial charge in [-0.15, -0.1) is 0 Å². The molecule has 2 nitrogen and oxygen atoms in total. The summed E-state index contributed by atoms with van der Waals surface area (Å²) in [5, 5.41) is 0. The summed E-state index contributed by atoms with van der Waals surface area (Å²) < 4.78 is 0. The van der Waals surface area contributed by atoms with Crippen LogP contribution in [-0.2, 0) is 9.59 Å². The van der Waals surface area contributed by atoms with Crippen LogP contribution in [0, 0.1) is 0 Å². The van der Waals surface area contributed by atoms with Crippen molar-refractivity contribution in [3.63, 3.8) is 0 Å². The third-order valence-electron chi connectivity index (χ3n) is 2.80. The first-order valence-electron chi connectivity index (χ1n) is 5.26.